The van der Waals surface area contributed by atoms with Crippen LogP contribution in [0, 0.1) is 6.92 Å². The van der Waals surface area contributed by atoms with Gasteiger partial charge in [0.05, 0.1) is 11.4 Å². The van der Waals surface area contributed by atoms with E-state index in [1.54, 1.807) is 23.1 Å². The standard InChI is InChI=1S/C19H17N3O3S2/c1-10-7-8-14(26-10)15-9-12(20-11-5-3-4-6-13(11)27-15)16-17(23)21-19(25)22(2)18(16)24/h3-8,15,24H,9H2,1-2H3,(H,21,23,25)/t15-/m0/s1. The van der Waals surface area contributed by atoms with Gasteiger partial charge in [-0.3, -0.25) is 19.3 Å². The maximum atomic E-state index is 12.5. The number of aromatic hydroxyl groups is 1. The fraction of sp³-hybridized carbons (Fsp3) is 0.211. The lowest BCUT2D eigenvalue weighted by Crippen LogP contribution is -2.32. The van der Waals surface area contributed by atoms with E-state index in [1.165, 1.54) is 16.8 Å². The first-order chi connectivity index (χ1) is 12.9. The predicted molar refractivity (Wildman–Crippen MR) is 109 cm³/mol. The minimum Gasteiger partial charge on any atom is -0.494 e. The maximum absolute atomic E-state index is 12.5. The van der Waals surface area contributed by atoms with Crippen LogP contribution >= 0.6 is 23.1 Å². The summed E-state index contributed by atoms with van der Waals surface area (Å²) >= 11 is 3.41. The van der Waals surface area contributed by atoms with Crippen molar-refractivity contribution in [2.75, 3.05) is 0 Å². The van der Waals surface area contributed by atoms with Crippen LogP contribution in [0.5, 0.6) is 5.88 Å². The Balaban J connectivity index is 1.92. The lowest BCUT2D eigenvalue weighted by molar-refractivity contribution is 0.416. The second-order valence-electron chi connectivity index (χ2n) is 6.30. The number of aryl methyl sites for hydroxylation is 1. The molecule has 1 aliphatic heterocycles. The van der Waals surface area contributed by atoms with E-state index in [1.807, 2.05) is 24.3 Å². The number of benzene rings is 1. The second-order valence-corrected chi connectivity index (χ2v) is 8.87. The zero-order valence-electron chi connectivity index (χ0n) is 14.7. The molecule has 1 aliphatic rings. The van der Waals surface area contributed by atoms with Crippen molar-refractivity contribution in [3.8, 4) is 5.88 Å². The van der Waals surface area contributed by atoms with E-state index in [0.717, 1.165) is 15.1 Å². The predicted octanol–water partition coefficient (Wildman–Crippen LogP) is 3.51. The highest BCUT2D eigenvalue weighted by atomic mass is 32.2. The highest BCUT2D eigenvalue weighted by molar-refractivity contribution is 7.99. The number of thiophene rings is 1. The van der Waals surface area contributed by atoms with Crippen LogP contribution < -0.4 is 11.2 Å². The molecule has 8 heteroatoms. The van der Waals surface area contributed by atoms with Crippen LogP contribution in [0.15, 0.2) is 55.9 Å². The molecular weight excluding hydrogens is 382 g/mol. The molecule has 3 heterocycles. The Morgan fingerprint density at radius 2 is 2.00 bits per heavy atom. The Hall–Kier alpha value is -2.58. The Morgan fingerprint density at radius 1 is 1.22 bits per heavy atom. The molecule has 0 aliphatic carbocycles. The number of hydrogen-bond donors (Lipinski definition) is 2. The first-order valence-corrected chi connectivity index (χ1v) is 10.1. The van der Waals surface area contributed by atoms with Gasteiger partial charge in [-0.15, -0.1) is 23.1 Å². The third-order valence-electron chi connectivity index (χ3n) is 4.43. The maximum Gasteiger partial charge on any atom is 0.330 e. The van der Waals surface area contributed by atoms with Gasteiger partial charge in [0.1, 0.15) is 5.56 Å². The summed E-state index contributed by atoms with van der Waals surface area (Å²) in [4.78, 5) is 34.6. The van der Waals surface area contributed by atoms with Gasteiger partial charge in [0, 0.05) is 33.4 Å². The number of thioether (sulfide) groups is 1. The van der Waals surface area contributed by atoms with E-state index >= 15 is 0 Å². The molecule has 0 spiro atoms. The van der Waals surface area contributed by atoms with E-state index in [4.69, 9.17) is 0 Å². The molecule has 138 valence electrons. The molecule has 0 radical (unpaired) electrons. The number of para-hydroxylation sites is 1. The van der Waals surface area contributed by atoms with E-state index in [2.05, 4.69) is 29.0 Å². The lowest BCUT2D eigenvalue weighted by atomic mass is 10.1. The summed E-state index contributed by atoms with van der Waals surface area (Å²) in [5, 5.41) is 10.5. The summed E-state index contributed by atoms with van der Waals surface area (Å²) < 4.78 is 1.02. The quantitative estimate of drug-likeness (QED) is 0.690. The number of nitrogens with zero attached hydrogens (tertiary/aromatic N) is 2. The second kappa shape index (κ2) is 6.86. The summed E-state index contributed by atoms with van der Waals surface area (Å²) in [7, 11) is 1.41. The van der Waals surface area contributed by atoms with Crippen molar-refractivity contribution >= 4 is 34.5 Å². The summed E-state index contributed by atoms with van der Waals surface area (Å²) in [6, 6.07) is 11.9. The van der Waals surface area contributed by atoms with Crippen molar-refractivity contribution in [2.24, 2.45) is 12.0 Å². The number of H-pyrrole nitrogens is 1. The third-order valence-corrected chi connectivity index (χ3v) is 7.00. The number of fused-ring (bicyclic) bond motifs is 1. The topological polar surface area (TPSA) is 87.5 Å². The van der Waals surface area contributed by atoms with Gasteiger partial charge in [0.2, 0.25) is 5.88 Å². The molecule has 1 aromatic carbocycles. The fourth-order valence-corrected chi connectivity index (χ4v) is 5.30. The third kappa shape index (κ3) is 3.26. The van der Waals surface area contributed by atoms with Crippen LogP contribution in [0.2, 0.25) is 0 Å². The Labute approximate surface area is 163 Å². The molecule has 2 N–H and O–H groups in total. The van der Waals surface area contributed by atoms with Crippen LogP contribution in [0.3, 0.4) is 0 Å². The normalized spacial score (nSPS) is 16.5. The van der Waals surface area contributed by atoms with Crippen LogP contribution in [0.25, 0.3) is 0 Å². The van der Waals surface area contributed by atoms with Gasteiger partial charge in [0.25, 0.3) is 5.56 Å². The summed E-state index contributed by atoms with van der Waals surface area (Å²) in [5.41, 5.74) is -0.0121. The van der Waals surface area contributed by atoms with Gasteiger partial charge in [0.15, 0.2) is 0 Å². The van der Waals surface area contributed by atoms with Crippen molar-refractivity contribution in [3.05, 3.63) is 72.6 Å². The minimum atomic E-state index is -0.657. The first-order valence-electron chi connectivity index (χ1n) is 8.36. The van der Waals surface area contributed by atoms with E-state index in [9.17, 15) is 14.7 Å². The Morgan fingerprint density at radius 3 is 2.74 bits per heavy atom. The molecule has 27 heavy (non-hydrogen) atoms. The average Bonchev–Trinajstić information content (AvgIpc) is 2.97. The van der Waals surface area contributed by atoms with Crippen molar-refractivity contribution in [1.29, 1.82) is 0 Å². The van der Waals surface area contributed by atoms with Gasteiger partial charge in [-0.2, -0.15) is 0 Å². The summed E-state index contributed by atoms with van der Waals surface area (Å²) in [6.07, 6.45) is 0.466. The zero-order valence-corrected chi connectivity index (χ0v) is 16.4. The number of rotatable bonds is 2. The summed E-state index contributed by atoms with van der Waals surface area (Å²) in [6.45, 7) is 2.06. The van der Waals surface area contributed by atoms with Gasteiger partial charge in [-0.05, 0) is 31.2 Å². The minimum absolute atomic E-state index is 0.0488. The van der Waals surface area contributed by atoms with Crippen molar-refractivity contribution in [1.82, 2.24) is 9.55 Å². The SMILES string of the molecule is Cc1ccc([C@@H]2CC(c3c(O)n(C)c(=O)[nH]c3=O)=Nc3ccccc3S2)s1. The van der Waals surface area contributed by atoms with Crippen LogP contribution in [0.1, 0.15) is 27.0 Å². The molecule has 1 atom stereocenters. The average molecular weight is 399 g/mol. The Kier molecular flexibility index (Phi) is 4.53. The molecular formula is C19H17N3O3S2. The number of hydrogen-bond acceptors (Lipinski definition) is 6. The Bertz CT molecular complexity index is 1170. The largest absolute Gasteiger partial charge is 0.494 e. The number of aromatic amines is 1. The lowest BCUT2D eigenvalue weighted by Gasteiger charge is -2.14. The molecule has 2 aromatic heterocycles. The smallest absolute Gasteiger partial charge is 0.330 e. The van der Waals surface area contributed by atoms with E-state index in [0.29, 0.717) is 12.1 Å². The zero-order chi connectivity index (χ0) is 19.1. The van der Waals surface area contributed by atoms with Crippen LogP contribution in [-0.2, 0) is 7.05 Å². The highest BCUT2D eigenvalue weighted by Crippen LogP contribution is 2.47. The van der Waals surface area contributed by atoms with Gasteiger partial charge < -0.3 is 5.11 Å². The van der Waals surface area contributed by atoms with E-state index in [-0.39, 0.29) is 16.7 Å². The molecule has 0 amide bonds. The molecule has 6 nitrogen and oxygen atoms in total. The highest BCUT2D eigenvalue weighted by Gasteiger charge is 2.27. The molecule has 4 rings (SSSR count). The van der Waals surface area contributed by atoms with Crippen LogP contribution in [0.4, 0.5) is 5.69 Å². The van der Waals surface area contributed by atoms with Gasteiger partial charge >= 0.3 is 5.69 Å². The number of aliphatic imine (C=N–C) groups is 1. The van der Waals surface area contributed by atoms with Gasteiger partial charge in [-0.25, -0.2) is 4.79 Å². The number of aromatic nitrogens is 2. The summed E-state index contributed by atoms with van der Waals surface area (Å²) in [5.74, 6) is -0.368. The molecule has 0 bridgehead atoms. The molecule has 0 unspecified atom stereocenters. The van der Waals surface area contributed by atoms with Crippen LogP contribution in [-0.4, -0.2) is 20.4 Å². The molecule has 3 aromatic rings. The molecule has 0 saturated heterocycles. The number of nitrogens with one attached hydrogen (secondary N) is 1. The van der Waals surface area contributed by atoms with Gasteiger partial charge in [-0.1, -0.05) is 12.1 Å². The molecule has 0 fully saturated rings. The van der Waals surface area contributed by atoms with E-state index < -0.39 is 11.2 Å². The van der Waals surface area contributed by atoms with Crippen molar-refractivity contribution < 1.29 is 5.11 Å². The first kappa shape index (κ1) is 17.8. The van der Waals surface area contributed by atoms with Crippen molar-refractivity contribution in [2.45, 2.75) is 23.5 Å². The fourth-order valence-electron chi connectivity index (χ4n) is 3.02. The monoisotopic (exact) mass is 399 g/mol. The van der Waals surface area contributed by atoms with Crippen molar-refractivity contribution in [3.63, 3.8) is 0 Å². The molecule has 0 saturated carbocycles.